The molecule has 0 aliphatic rings. The molecular formula is C12H27N3O2. The number of hydrogen-bond donors (Lipinski definition) is 4. The Morgan fingerprint density at radius 2 is 1.94 bits per heavy atom. The standard InChI is InChI=1S/C12H27N3O2/c1-3-12(4-2,10-16)9-14-8-6-5-7-11(13)15-17/h14,16-17H,3-10H2,1-2H3,(H2,13,15). The average molecular weight is 245 g/mol. The summed E-state index contributed by atoms with van der Waals surface area (Å²) in [7, 11) is 0. The Labute approximate surface area is 104 Å². The van der Waals surface area contributed by atoms with E-state index in [0.717, 1.165) is 38.8 Å². The molecule has 17 heavy (non-hydrogen) atoms. The number of rotatable bonds is 10. The molecule has 0 rings (SSSR count). The van der Waals surface area contributed by atoms with E-state index in [-0.39, 0.29) is 17.9 Å². The Hall–Kier alpha value is -0.810. The molecule has 102 valence electrons. The fraction of sp³-hybridized carbons (Fsp3) is 0.917. The number of unbranched alkanes of at least 4 members (excludes halogenated alkanes) is 1. The second-order valence-corrected chi connectivity index (χ2v) is 4.59. The third-order valence-corrected chi connectivity index (χ3v) is 3.50. The fourth-order valence-corrected chi connectivity index (χ4v) is 1.74. The van der Waals surface area contributed by atoms with Crippen molar-refractivity contribution in [2.45, 2.75) is 46.0 Å². The minimum absolute atomic E-state index is 0.0194. The van der Waals surface area contributed by atoms with Crippen LogP contribution in [0.3, 0.4) is 0 Å². The van der Waals surface area contributed by atoms with Gasteiger partial charge in [-0.2, -0.15) is 0 Å². The largest absolute Gasteiger partial charge is 0.409 e. The molecule has 0 aliphatic heterocycles. The first-order valence-corrected chi connectivity index (χ1v) is 6.42. The first-order chi connectivity index (χ1) is 8.14. The molecule has 0 bridgehead atoms. The lowest BCUT2D eigenvalue weighted by atomic mass is 9.83. The molecule has 0 aromatic heterocycles. The number of oxime groups is 1. The summed E-state index contributed by atoms with van der Waals surface area (Å²) >= 11 is 0. The number of nitrogens with zero attached hydrogens (tertiary/aromatic N) is 1. The van der Waals surface area contributed by atoms with Crippen LogP contribution in [-0.4, -0.2) is 35.8 Å². The lowest BCUT2D eigenvalue weighted by Gasteiger charge is -2.29. The van der Waals surface area contributed by atoms with Gasteiger partial charge in [0.25, 0.3) is 0 Å². The predicted octanol–water partition coefficient (Wildman–Crippen LogP) is 1.29. The zero-order valence-electron chi connectivity index (χ0n) is 11.1. The molecule has 0 aliphatic carbocycles. The van der Waals surface area contributed by atoms with Crippen molar-refractivity contribution in [3.63, 3.8) is 0 Å². The topological polar surface area (TPSA) is 90.9 Å². The van der Waals surface area contributed by atoms with Crippen molar-refractivity contribution < 1.29 is 10.3 Å². The molecule has 5 N–H and O–H groups in total. The van der Waals surface area contributed by atoms with Crippen LogP contribution in [0, 0.1) is 5.41 Å². The Morgan fingerprint density at radius 1 is 1.29 bits per heavy atom. The van der Waals surface area contributed by atoms with Crippen molar-refractivity contribution in [2.75, 3.05) is 19.7 Å². The highest BCUT2D eigenvalue weighted by Crippen LogP contribution is 2.24. The van der Waals surface area contributed by atoms with Gasteiger partial charge in [0.1, 0.15) is 5.84 Å². The highest BCUT2D eigenvalue weighted by Gasteiger charge is 2.24. The van der Waals surface area contributed by atoms with Gasteiger partial charge in [-0.25, -0.2) is 0 Å². The molecule has 0 saturated carbocycles. The lowest BCUT2D eigenvalue weighted by molar-refractivity contribution is 0.113. The van der Waals surface area contributed by atoms with Gasteiger partial charge in [0, 0.05) is 25.0 Å². The Morgan fingerprint density at radius 3 is 2.41 bits per heavy atom. The molecule has 0 atom stereocenters. The van der Waals surface area contributed by atoms with Crippen LogP contribution in [0.4, 0.5) is 0 Å². The van der Waals surface area contributed by atoms with Gasteiger partial charge in [0.2, 0.25) is 0 Å². The lowest BCUT2D eigenvalue weighted by Crippen LogP contribution is -2.36. The van der Waals surface area contributed by atoms with E-state index < -0.39 is 0 Å². The van der Waals surface area contributed by atoms with E-state index in [1.807, 2.05) is 0 Å². The van der Waals surface area contributed by atoms with Gasteiger partial charge in [-0.05, 0) is 32.2 Å². The fourth-order valence-electron chi connectivity index (χ4n) is 1.74. The van der Waals surface area contributed by atoms with E-state index in [0.29, 0.717) is 6.42 Å². The first kappa shape index (κ1) is 16.2. The summed E-state index contributed by atoms with van der Waals surface area (Å²) in [6.45, 7) is 6.21. The second kappa shape index (κ2) is 9.24. The molecule has 0 aromatic rings. The van der Waals surface area contributed by atoms with Gasteiger partial charge in [-0.3, -0.25) is 0 Å². The van der Waals surface area contributed by atoms with Crippen LogP contribution in [0.5, 0.6) is 0 Å². The Kier molecular flexibility index (Phi) is 8.80. The van der Waals surface area contributed by atoms with Crippen molar-refractivity contribution in [3.8, 4) is 0 Å². The maximum Gasteiger partial charge on any atom is 0.139 e. The molecule has 5 heteroatoms. The molecule has 5 nitrogen and oxygen atoms in total. The van der Waals surface area contributed by atoms with Crippen molar-refractivity contribution in [2.24, 2.45) is 16.3 Å². The number of nitrogens with one attached hydrogen (secondary N) is 1. The predicted molar refractivity (Wildman–Crippen MR) is 70.2 cm³/mol. The summed E-state index contributed by atoms with van der Waals surface area (Å²) in [5.41, 5.74) is 5.39. The molecule has 0 amide bonds. The van der Waals surface area contributed by atoms with Gasteiger partial charge in [0.05, 0.1) is 0 Å². The summed E-state index contributed by atoms with van der Waals surface area (Å²) in [6, 6.07) is 0. The van der Waals surface area contributed by atoms with Crippen molar-refractivity contribution in [3.05, 3.63) is 0 Å². The highest BCUT2D eigenvalue weighted by molar-refractivity contribution is 5.79. The maximum atomic E-state index is 9.38. The van der Waals surface area contributed by atoms with Crippen LogP contribution in [0.2, 0.25) is 0 Å². The van der Waals surface area contributed by atoms with E-state index in [4.69, 9.17) is 10.9 Å². The smallest absolute Gasteiger partial charge is 0.139 e. The van der Waals surface area contributed by atoms with Gasteiger partial charge in [0.15, 0.2) is 0 Å². The van der Waals surface area contributed by atoms with E-state index in [2.05, 4.69) is 24.3 Å². The zero-order chi connectivity index (χ0) is 13.1. The summed E-state index contributed by atoms with van der Waals surface area (Å²) < 4.78 is 0. The molecule has 0 radical (unpaired) electrons. The highest BCUT2D eigenvalue weighted by atomic mass is 16.4. The molecule has 0 aromatic carbocycles. The number of aliphatic hydroxyl groups is 1. The van der Waals surface area contributed by atoms with E-state index in [1.165, 1.54) is 0 Å². The molecular weight excluding hydrogens is 218 g/mol. The second-order valence-electron chi connectivity index (χ2n) is 4.59. The maximum absolute atomic E-state index is 9.38. The number of hydrogen-bond acceptors (Lipinski definition) is 4. The monoisotopic (exact) mass is 245 g/mol. The molecule has 0 fully saturated rings. The Balaban J connectivity index is 3.62. The molecule has 0 spiro atoms. The summed E-state index contributed by atoms with van der Waals surface area (Å²) in [5, 5.41) is 24.0. The van der Waals surface area contributed by atoms with Gasteiger partial charge in [-0.15, -0.1) is 0 Å². The minimum Gasteiger partial charge on any atom is -0.409 e. The molecule has 0 unspecified atom stereocenters. The van der Waals surface area contributed by atoms with Crippen LogP contribution < -0.4 is 11.1 Å². The van der Waals surface area contributed by atoms with E-state index in [9.17, 15) is 5.11 Å². The van der Waals surface area contributed by atoms with Crippen LogP contribution in [-0.2, 0) is 0 Å². The normalized spacial score (nSPS) is 13.0. The van der Waals surface area contributed by atoms with Crippen LogP contribution in [0.25, 0.3) is 0 Å². The quantitative estimate of drug-likeness (QED) is 0.153. The number of amidine groups is 1. The van der Waals surface area contributed by atoms with Gasteiger partial charge >= 0.3 is 0 Å². The number of nitrogens with two attached hydrogens (primary N) is 1. The van der Waals surface area contributed by atoms with E-state index >= 15 is 0 Å². The van der Waals surface area contributed by atoms with Crippen LogP contribution in [0.1, 0.15) is 46.0 Å². The van der Waals surface area contributed by atoms with Crippen molar-refractivity contribution in [1.82, 2.24) is 5.32 Å². The Bertz CT molecular complexity index is 208. The summed E-state index contributed by atoms with van der Waals surface area (Å²) in [5.74, 6) is 0.289. The van der Waals surface area contributed by atoms with Crippen LogP contribution >= 0.6 is 0 Å². The molecule has 0 heterocycles. The van der Waals surface area contributed by atoms with Gasteiger partial charge < -0.3 is 21.4 Å². The van der Waals surface area contributed by atoms with Gasteiger partial charge in [-0.1, -0.05) is 19.0 Å². The molecule has 0 saturated heterocycles. The summed E-state index contributed by atoms with van der Waals surface area (Å²) in [4.78, 5) is 0. The third-order valence-electron chi connectivity index (χ3n) is 3.50. The zero-order valence-corrected chi connectivity index (χ0v) is 11.1. The minimum atomic E-state index is 0.0194. The van der Waals surface area contributed by atoms with Crippen LogP contribution in [0.15, 0.2) is 5.16 Å². The first-order valence-electron chi connectivity index (χ1n) is 6.42. The SMILES string of the molecule is CCC(CC)(CO)CNCCCCC(N)=NO. The average Bonchev–Trinajstić information content (AvgIpc) is 2.38. The van der Waals surface area contributed by atoms with Crippen molar-refractivity contribution in [1.29, 1.82) is 0 Å². The van der Waals surface area contributed by atoms with E-state index in [1.54, 1.807) is 0 Å². The number of aliphatic hydroxyl groups excluding tert-OH is 1. The van der Waals surface area contributed by atoms with Crippen molar-refractivity contribution >= 4 is 5.84 Å². The third kappa shape index (κ3) is 6.48. The summed E-state index contributed by atoms with van der Waals surface area (Å²) in [6.07, 6.45) is 4.50.